The zero-order valence-electron chi connectivity index (χ0n) is 9.75. The van der Waals surface area contributed by atoms with Crippen LogP contribution in [0.2, 0.25) is 0 Å². The van der Waals surface area contributed by atoms with Crippen LogP contribution in [0, 0.1) is 0 Å². The van der Waals surface area contributed by atoms with Crippen molar-refractivity contribution in [1.29, 1.82) is 0 Å². The van der Waals surface area contributed by atoms with Crippen molar-refractivity contribution in [2.24, 2.45) is 5.73 Å². The van der Waals surface area contributed by atoms with Crippen LogP contribution in [0.3, 0.4) is 0 Å². The van der Waals surface area contributed by atoms with Crippen LogP contribution in [-0.4, -0.2) is 25.9 Å². The van der Waals surface area contributed by atoms with Crippen LogP contribution in [0.15, 0.2) is 24.3 Å². The highest BCUT2D eigenvalue weighted by atomic mass is 19.4. The largest absolute Gasteiger partial charge is 0.435 e. The van der Waals surface area contributed by atoms with Gasteiger partial charge in [-0.3, -0.25) is 0 Å². The number of rotatable bonds is 6. The molecule has 8 heteroatoms. The van der Waals surface area contributed by atoms with Gasteiger partial charge >= 0.3 is 12.8 Å². The maximum Gasteiger partial charge on any atom is 0.401 e. The van der Waals surface area contributed by atoms with E-state index in [1.807, 2.05) is 0 Å². The minimum absolute atomic E-state index is 0.0505. The lowest BCUT2D eigenvalue weighted by molar-refractivity contribution is -0.126. The Balaban J connectivity index is 2.66. The molecule has 1 atom stereocenters. The Hall–Kier alpha value is -1.41. The summed E-state index contributed by atoms with van der Waals surface area (Å²) in [7, 11) is 0. The van der Waals surface area contributed by atoms with E-state index in [0.717, 1.165) is 0 Å². The van der Waals surface area contributed by atoms with Crippen LogP contribution in [0.4, 0.5) is 22.0 Å². The molecule has 0 fully saturated rings. The lowest BCUT2D eigenvalue weighted by Gasteiger charge is -2.18. The van der Waals surface area contributed by atoms with Crippen molar-refractivity contribution in [1.82, 2.24) is 5.32 Å². The summed E-state index contributed by atoms with van der Waals surface area (Å²) in [6.07, 6.45) is -4.34. The normalized spacial score (nSPS) is 13.6. The molecule has 0 aliphatic carbocycles. The van der Waals surface area contributed by atoms with Gasteiger partial charge in [0, 0.05) is 12.6 Å². The van der Waals surface area contributed by atoms with Crippen LogP contribution < -0.4 is 15.8 Å². The average Bonchev–Trinajstić information content (AvgIpc) is 2.29. The monoisotopic (exact) mass is 284 g/mol. The van der Waals surface area contributed by atoms with Crippen LogP contribution >= 0.6 is 0 Å². The summed E-state index contributed by atoms with van der Waals surface area (Å²) in [5.41, 5.74) is 5.84. The van der Waals surface area contributed by atoms with Crippen molar-refractivity contribution in [3.63, 3.8) is 0 Å². The predicted octanol–water partition coefficient (Wildman–Crippen LogP) is 2.44. The molecule has 0 spiro atoms. The molecule has 0 amide bonds. The Morgan fingerprint density at radius 3 is 2.16 bits per heavy atom. The minimum Gasteiger partial charge on any atom is -0.435 e. The number of nitrogens with one attached hydrogen (secondary N) is 1. The van der Waals surface area contributed by atoms with Crippen molar-refractivity contribution in [2.75, 3.05) is 13.1 Å². The number of alkyl halides is 5. The molecule has 0 aliphatic rings. The summed E-state index contributed by atoms with van der Waals surface area (Å²) in [5.74, 6) is -0.0645. The van der Waals surface area contributed by atoms with Crippen molar-refractivity contribution < 1.29 is 26.7 Å². The lowest BCUT2D eigenvalue weighted by Crippen LogP contribution is -2.35. The third-order valence-corrected chi connectivity index (χ3v) is 2.29. The first-order valence-corrected chi connectivity index (χ1v) is 5.37. The van der Waals surface area contributed by atoms with Crippen molar-refractivity contribution in [3.05, 3.63) is 29.8 Å². The molecule has 1 aromatic carbocycles. The first-order valence-electron chi connectivity index (χ1n) is 5.37. The highest BCUT2D eigenvalue weighted by Crippen LogP contribution is 2.20. The van der Waals surface area contributed by atoms with E-state index in [1.54, 1.807) is 0 Å². The fourth-order valence-electron chi connectivity index (χ4n) is 1.46. The Bertz CT molecular complexity index is 380. The zero-order chi connectivity index (χ0) is 14.5. The second kappa shape index (κ2) is 6.67. The minimum atomic E-state index is -4.34. The van der Waals surface area contributed by atoms with E-state index >= 15 is 0 Å². The van der Waals surface area contributed by atoms with Crippen LogP contribution in [-0.2, 0) is 0 Å². The van der Waals surface area contributed by atoms with E-state index in [1.165, 1.54) is 24.3 Å². The van der Waals surface area contributed by atoms with Crippen LogP contribution in [0.1, 0.15) is 11.6 Å². The van der Waals surface area contributed by atoms with E-state index in [2.05, 4.69) is 10.1 Å². The molecule has 19 heavy (non-hydrogen) atoms. The van der Waals surface area contributed by atoms with Gasteiger partial charge in [-0.1, -0.05) is 12.1 Å². The van der Waals surface area contributed by atoms with E-state index in [9.17, 15) is 22.0 Å². The summed E-state index contributed by atoms with van der Waals surface area (Å²) in [6, 6.07) is 4.57. The van der Waals surface area contributed by atoms with Crippen molar-refractivity contribution >= 4 is 0 Å². The summed E-state index contributed by atoms with van der Waals surface area (Å²) >= 11 is 0. The third kappa shape index (κ3) is 5.84. The number of hydrogen-bond acceptors (Lipinski definition) is 3. The maximum absolute atomic E-state index is 12.1. The van der Waals surface area contributed by atoms with Gasteiger partial charge in [-0.05, 0) is 17.7 Å². The van der Waals surface area contributed by atoms with Crippen LogP contribution in [0.25, 0.3) is 0 Å². The second-order valence-corrected chi connectivity index (χ2v) is 3.73. The van der Waals surface area contributed by atoms with E-state index in [0.29, 0.717) is 5.56 Å². The predicted molar refractivity (Wildman–Crippen MR) is 58.9 cm³/mol. The van der Waals surface area contributed by atoms with Gasteiger partial charge in [0.25, 0.3) is 0 Å². The summed E-state index contributed by atoms with van der Waals surface area (Å²) in [5, 5.41) is 2.25. The Morgan fingerprint density at radius 1 is 1.16 bits per heavy atom. The molecule has 3 nitrogen and oxygen atoms in total. The van der Waals surface area contributed by atoms with Crippen LogP contribution in [0.5, 0.6) is 5.75 Å². The Labute approximate surface area is 106 Å². The third-order valence-electron chi connectivity index (χ3n) is 2.29. The smallest absolute Gasteiger partial charge is 0.401 e. The standard InChI is InChI=1S/C11H13F5N2O/c12-10(13)19-8-3-1-7(2-4-8)9(5-17)18-6-11(14,15)16/h1-4,9-10,18H,5-6,17H2. The van der Waals surface area contributed by atoms with Gasteiger partial charge in [-0.2, -0.15) is 22.0 Å². The average molecular weight is 284 g/mol. The van der Waals surface area contributed by atoms with Gasteiger partial charge in [0.05, 0.1) is 6.54 Å². The molecule has 0 saturated heterocycles. The van der Waals surface area contributed by atoms with Gasteiger partial charge in [0.2, 0.25) is 0 Å². The molecule has 0 aromatic heterocycles. The van der Waals surface area contributed by atoms with E-state index < -0.39 is 25.4 Å². The molecular weight excluding hydrogens is 271 g/mol. The second-order valence-electron chi connectivity index (χ2n) is 3.73. The van der Waals surface area contributed by atoms with Crippen molar-refractivity contribution in [3.8, 4) is 5.75 Å². The zero-order valence-corrected chi connectivity index (χ0v) is 9.75. The SMILES string of the molecule is NCC(NCC(F)(F)F)c1ccc(OC(F)F)cc1. The number of ether oxygens (including phenoxy) is 1. The first-order chi connectivity index (χ1) is 8.81. The highest BCUT2D eigenvalue weighted by Gasteiger charge is 2.28. The molecule has 1 rings (SSSR count). The number of nitrogens with two attached hydrogens (primary N) is 1. The molecule has 108 valence electrons. The quantitative estimate of drug-likeness (QED) is 0.789. The van der Waals surface area contributed by atoms with E-state index in [-0.39, 0.29) is 12.3 Å². The molecular formula is C11H13F5N2O. The Kier molecular flexibility index (Phi) is 5.49. The summed E-state index contributed by atoms with van der Waals surface area (Å²) in [4.78, 5) is 0. The molecule has 0 aliphatic heterocycles. The van der Waals surface area contributed by atoms with Gasteiger partial charge < -0.3 is 15.8 Å². The molecule has 0 saturated carbocycles. The molecule has 0 radical (unpaired) electrons. The number of hydrogen-bond donors (Lipinski definition) is 2. The summed E-state index contributed by atoms with van der Waals surface area (Å²) < 4.78 is 64.2. The summed E-state index contributed by atoms with van der Waals surface area (Å²) in [6.45, 7) is -4.17. The molecule has 1 aromatic rings. The first kappa shape index (κ1) is 15.6. The molecule has 0 heterocycles. The number of benzene rings is 1. The molecule has 0 bridgehead atoms. The fourth-order valence-corrected chi connectivity index (χ4v) is 1.46. The highest BCUT2D eigenvalue weighted by molar-refractivity contribution is 5.29. The number of halogens is 5. The fraction of sp³-hybridized carbons (Fsp3) is 0.455. The van der Waals surface area contributed by atoms with E-state index in [4.69, 9.17) is 5.73 Å². The van der Waals surface area contributed by atoms with Gasteiger partial charge in [-0.25, -0.2) is 0 Å². The maximum atomic E-state index is 12.1. The van der Waals surface area contributed by atoms with Gasteiger partial charge in [0.1, 0.15) is 5.75 Å². The van der Waals surface area contributed by atoms with Gasteiger partial charge in [-0.15, -0.1) is 0 Å². The topological polar surface area (TPSA) is 47.3 Å². The Morgan fingerprint density at radius 2 is 1.74 bits per heavy atom. The van der Waals surface area contributed by atoms with Crippen molar-refractivity contribution in [2.45, 2.75) is 18.8 Å². The molecule has 3 N–H and O–H groups in total. The molecule has 1 unspecified atom stereocenters. The lowest BCUT2D eigenvalue weighted by atomic mass is 10.1. The van der Waals surface area contributed by atoms with Gasteiger partial charge in [0.15, 0.2) is 0 Å².